The molecule has 0 saturated carbocycles. The molecule has 0 atom stereocenters. The van der Waals surface area contributed by atoms with Crippen molar-refractivity contribution >= 4 is 17.0 Å². The van der Waals surface area contributed by atoms with Gasteiger partial charge in [-0.25, -0.2) is 9.78 Å². The molecule has 0 amide bonds. The first kappa shape index (κ1) is 13.3. The van der Waals surface area contributed by atoms with E-state index >= 15 is 0 Å². The summed E-state index contributed by atoms with van der Waals surface area (Å²) in [5, 5.41) is 0. The van der Waals surface area contributed by atoms with E-state index in [0.29, 0.717) is 18.7 Å². The second-order valence-corrected chi connectivity index (χ2v) is 4.66. The maximum absolute atomic E-state index is 11.8. The average molecular weight is 281 g/mol. The maximum Gasteiger partial charge on any atom is 0.338 e. The van der Waals surface area contributed by atoms with Crippen LogP contribution in [0.4, 0.5) is 0 Å². The van der Waals surface area contributed by atoms with Crippen LogP contribution in [0.3, 0.4) is 0 Å². The molecule has 1 aromatic carbocycles. The van der Waals surface area contributed by atoms with Gasteiger partial charge in [0, 0.05) is 12.7 Å². The monoisotopic (exact) mass is 281 g/mol. The molecule has 21 heavy (non-hydrogen) atoms. The predicted octanol–water partition coefficient (Wildman–Crippen LogP) is 2.66. The van der Waals surface area contributed by atoms with Gasteiger partial charge in [0.1, 0.15) is 0 Å². The lowest BCUT2D eigenvalue weighted by Gasteiger charge is -2.07. The van der Waals surface area contributed by atoms with Crippen LogP contribution in [0.2, 0.25) is 0 Å². The van der Waals surface area contributed by atoms with Gasteiger partial charge in [0.2, 0.25) is 0 Å². The Morgan fingerprint density at radius 2 is 2.24 bits per heavy atom. The third-order valence-electron chi connectivity index (χ3n) is 3.21. The molecule has 0 radical (unpaired) electrons. The average Bonchev–Trinajstić information content (AvgIpc) is 2.91. The second-order valence-electron chi connectivity index (χ2n) is 4.66. The van der Waals surface area contributed by atoms with Gasteiger partial charge in [-0.15, -0.1) is 0 Å². The Hall–Kier alpha value is -2.69. The van der Waals surface area contributed by atoms with Gasteiger partial charge in [-0.2, -0.15) is 0 Å². The smallest absolute Gasteiger partial charge is 0.338 e. The highest BCUT2D eigenvalue weighted by atomic mass is 16.5. The highest BCUT2D eigenvalue weighted by Crippen LogP contribution is 2.14. The number of pyridine rings is 1. The summed E-state index contributed by atoms with van der Waals surface area (Å²) in [6.45, 7) is 2.81. The van der Waals surface area contributed by atoms with Gasteiger partial charge in [-0.1, -0.05) is 12.1 Å². The van der Waals surface area contributed by atoms with Crippen LogP contribution in [-0.4, -0.2) is 27.1 Å². The molecule has 0 N–H and O–H groups in total. The predicted molar refractivity (Wildman–Crippen MR) is 79.0 cm³/mol. The molecular weight excluding hydrogens is 266 g/mol. The molecule has 3 aromatic rings. The third kappa shape index (κ3) is 2.76. The third-order valence-corrected chi connectivity index (χ3v) is 3.21. The largest absolute Gasteiger partial charge is 0.462 e. The van der Waals surface area contributed by atoms with E-state index in [1.807, 2.05) is 28.8 Å². The summed E-state index contributed by atoms with van der Waals surface area (Å²) in [6, 6.07) is 9.32. The molecule has 0 fully saturated rings. The zero-order chi connectivity index (χ0) is 14.7. The van der Waals surface area contributed by atoms with E-state index in [0.717, 1.165) is 16.6 Å². The summed E-state index contributed by atoms with van der Waals surface area (Å²) in [5.41, 5.74) is 3.46. The number of hydrogen-bond acceptors (Lipinski definition) is 4. The number of ether oxygens (including phenoxy) is 1. The van der Waals surface area contributed by atoms with E-state index in [4.69, 9.17) is 4.74 Å². The zero-order valence-electron chi connectivity index (χ0n) is 11.7. The molecule has 5 nitrogen and oxygen atoms in total. The maximum atomic E-state index is 11.8. The van der Waals surface area contributed by atoms with Gasteiger partial charge in [0.05, 0.1) is 35.7 Å². The normalized spacial score (nSPS) is 10.7. The first-order valence-electron chi connectivity index (χ1n) is 6.79. The SMILES string of the molecule is CCOC(=O)c1cccc(Cn2cnc3ccncc32)c1. The second kappa shape index (κ2) is 5.75. The van der Waals surface area contributed by atoms with Gasteiger partial charge >= 0.3 is 5.97 Å². The zero-order valence-corrected chi connectivity index (χ0v) is 11.7. The summed E-state index contributed by atoms with van der Waals surface area (Å²) >= 11 is 0. The number of benzene rings is 1. The number of carbonyl (C=O) groups is 1. The summed E-state index contributed by atoms with van der Waals surface area (Å²) in [7, 11) is 0. The molecular formula is C16H15N3O2. The summed E-state index contributed by atoms with van der Waals surface area (Å²) < 4.78 is 7.03. The van der Waals surface area contributed by atoms with Crippen LogP contribution in [-0.2, 0) is 11.3 Å². The highest BCUT2D eigenvalue weighted by molar-refractivity contribution is 5.89. The van der Waals surface area contributed by atoms with Crippen molar-refractivity contribution in [3.05, 3.63) is 60.2 Å². The number of fused-ring (bicyclic) bond motifs is 1. The van der Waals surface area contributed by atoms with Gasteiger partial charge in [-0.05, 0) is 30.7 Å². The summed E-state index contributed by atoms with van der Waals surface area (Å²) in [6.07, 6.45) is 5.29. The molecule has 5 heteroatoms. The molecule has 0 saturated heterocycles. The summed E-state index contributed by atoms with van der Waals surface area (Å²) in [4.78, 5) is 20.2. The minimum atomic E-state index is -0.295. The molecule has 0 unspecified atom stereocenters. The molecule has 0 bridgehead atoms. The fraction of sp³-hybridized carbons (Fsp3) is 0.188. The van der Waals surface area contributed by atoms with E-state index in [9.17, 15) is 4.79 Å². The van der Waals surface area contributed by atoms with Crippen LogP contribution in [0.25, 0.3) is 11.0 Å². The van der Waals surface area contributed by atoms with E-state index in [-0.39, 0.29) is 5.97 Å². The molecule has 106 valence electrons. The Kier molecular flexibility index (Phi) is 3.64. The number of nitrogens with zero attached hydrogens (tertiary/aromatic N) is 3. The van der Waals surface area contributed by atoms with Crippen molar-refractivity contribution in [3.63, 3.8) is 0 Å². The van der Waals surface area contributed by atoms with Gasteiger partial charge in [0.25, 0.3) is 0 Å². The lowest BCUT2D eigenvalue weighted by molar-refractivity contribution is 0.0526. The Bertz CT molecular complexity index is 780. The number of carbonyl (C=O) groups excluding carboxylic acids is 1. The Morgan fingerprint density at radius 3 is 3.10 bits per heavy atom. The van der Waals surface area contributed by atoms with Crippen LogP contribution in [0.15, 0.2) is 49.1 Å². The standard InChI is InChI=1S/C16H15N3O2/c1-2-21-16(20)13-5-3-4-12(8-13)10-19-11-18-14-6-7-17-9-15(14)19/h3-9,11H,2,10H2,1H3. The van der Waals surface area contributed by atoms with Crippen LogP contribution >= 0.6 is 0 Å². The van der Waals surface area contributed by atoms with Gasteiger partial charge in [0.15, 0.2) is 0 Å². The number of rotatable bonds is 4. The first-order valence-corrected chi connectivity index (χ1v) is 6.79. The Labute approximate surface area is 122 Å². The van der Waals surface area contributed by atoms with Crippen molar-refractivity contribution in [2.75, 3.05) is 6.61 Å². The van der Waals surface area contributed by atoms with E-state index < -0.39 is 0 Å². The number of esters is 1. The summed E-state index contributed by atoms with van der Waals surface area (Å²) in [5.74, 6) is -0.295. The number of aromatic nitrogens is 3. The fourth-order valence-electron chi connectivity index (χ4n) is 2.24. The van der Waals surface area contributed by atoms with Crippen molar-refractivity contribution in [3.8, 4) is 0 Å². The van der Waals surface area contributed by atoms with E-state index in [2.05, 4.69) is 9.97 Å². The van der Waals surface area contributed by atoms with Crippen molar-refractivity contribution in [2.24, 2.45) is 0 Å². The molecule has 0 spiro atoms. The highest BCUT2D eigenvalue weighted by Gasteiger charge is 2.08. The van der Waals surface area contributed by atoms with Crippen LogP contribution in [0.5, 0.6) is 0 Å². The fourth-order valence-corrected chi connectivity index (χ4v) is 2.24. The minimum absolute atomic E-state index is 0.295. The Balaban J connectivity index is 1.88. The lowest BCUT2D eigenvalue weighted by Crippen LogP contribution is -2.06. The quantitative estimate of drug-likeness (QED) is 0.690. The number of hydrogen-bond donors (Lipinski definition) is 0. The molecule has 3 rings (SSSR count). The van der Waals surface area contributed by atoms with Crippen molar-refractivity contribution in [1.82, 2.24) is 14.5 Å². The van der Waals surface area contributed by atoms with Crippen LogP contribution in [0, 0.1) is 0 Å². The molecule has 0 aliphatic heterocycles. The number of imidazole rings is 1. The van der Waals surface area contributed by atoms with Crippen LogP contribution < -0.4 is 0 Å². The van der Waals surface area contributed by atoms with Crippen molar-refractivity contribution in [1.29, 1.82) is 0 Å². The molecule has 0 aliphatic rings. The minimum Gasteiger partial charge on any atom is -0.462 e. The van der Waals surface area contributed by atoms with Crippen molar-refractivity contribution < 1.29 is 9.53 Å². The first-order chi connectivity index (χ1) is 10.3. The van der Waals surface area contributed by atoms with Gasteiger partial charge in [-0.3, -0.25) is 4.98 Å². The van der Waals surface area contributed by atoms with Crippen LogP contribution in [0.1, 0.15) is 22.8 Å². The van der Waals surface area contributed by atoms with Gasteiger partial charge < -0.3 is 9.30 Å². The Morgan fingerprint density at radius 1 is 1.33 bits per heavy atom. The molecule has 2 heterocycles. The molecule has 0 aliphatic carbocycles. The van der Waals surface area contributed by atoms with E-state index in [1.165, 1.54) is 0 Å². The lowest BCUT2D eigenvalue weighted by atomic mass is 10.1. The van der Waals surface area contributed by atoms with E-state index in [1.54, 1.807) is 31.7 Å². The molecule has 2 aromatic heterocycles. The topological polar surface area (TPSA) is 57.0 Å². The van der Waals surface area contributed by atoms with Crippen molar-refractivity contribution in [2.45, 2.75) is 13.5 Å².